The van der Waals surface area contributed by atoms with Crippen molar-refractivity contribution >= 4 is 23.4 Å². The van der Waals surface area contributed by atoms with Gasteiger partial charge in [0.1, 0.15) is 5.82 Å². The zero-order valence-corrected chi connectivity index (χ0v) is 16.6. The van der Waals surface area contributed by atoms with E-state index in [0.717, 1.165) is 16.7 Å². The number of hydrogen-bond donors (Lipinski definition) is 2. The Kier molecular flexibility index (Phi) is 6.11. The molecule has 5 nitrogen and oxygen atoms in total. The van der Waals surface area contributed by atoms with Crippen molar-refractivity contribution in [2.75, 3.05) is 5.73 Å². The van der Waals surface area contributed by atoms with Crippen molar-refractivity contribution in [3.8, 4) is 0 Å². The fourth-order valence-electron chi connectivity index (χ4n) is 3.23. The van der Waals surface area contributed by atoms with Gasteiger partial charge in [0.15, 0.2) is 0 Å². The summed E-state index contributed by atoms with van der Waals surface area (Å²) in [5.74, 6) is -0.513. The summed E-state index contributed by atoms with van der Waals surface area (Å²) in [7, 11) is 1.86. The highest BCUT2D eigenvalue weighted by atomic mass is 35.5. The number of nitrogens with zero attached hydrogens (tertiary/aromatic N) is 3. The molecule has 28 heavy (non-hydrogen) atoms. The monoisotopic (exact) mass is 399 g/mol. The van der Waals surface area contributed by atoms with E-state index in [1.807, 2.05) is 50.5 Å². The highest BCUT2D eigenvalue weighted by molar-refractivity contribution is 6.31. The number of hydrogen-bond acceptors (Lipinski definition) is 4. The third kappa shape index (κ3) is 4.58. The topological polar surface area (TPSA) is 82.8 Å². The summed E-state index contributed by atoms with van der Waals surface area (Å²) in [6.07, 6.45) is 10.7. The predicted octanol–water partition coefficient (Wildman–Crippen LogP) is 4.25. The Morgan fingerprint density at radius 3 is 2.75 bits per heavy atom. The molecule has 2 heterocycles. The Morgan fingerprint density at radius 1 is 1.29 bits per heavy atom. The van der Waals surface area contributed by atoms with Crippen LogP contribution in [-0.4, -0.2) is 14.8 Å². The van der Waals surface area contributed by atoms with E-state index in [9.17, 15) is 4.39 Å². The second-order valence-electron chi connectivity index (χ2n) is 6.92. The van der Waals surface area contributed by atoms with Crippen LogP contribution in [0.15, 0.2) is 49.1 Å². The highest BCUT2D eigenvalue weighted by Gasteiger charge is 2.17. The Hall–Kier alpha value is -2.70. The fourth-order valence-corrected chi connectivity index (χ4v) is 3.57. The SMILES string of the molecule is CC(Cc1ccc(N)c(C(N)/C=C/c2cnn(C)c2)c1)c1c(F)cncc1Cl. The predicted molar refractivity (Wildman–Crippen MR) is 111 cm³/mol. The molecule has 0 amide bonds. The first-order valence-electron chi connectivity index (χ1n) is 8.94. The Labute approximate surface area is 168 Å². The third-order valence-corrected chi connectivity index (χ3v) is 4.96. The second-order valence-corrected chi connectivity index (χ2v) is 7.32. The van der Waals surface area contributed by atoms with Gasteiger partial charge in [-0.1, -0.05) is 42.8 Å². The first-order valence-corrected chi connectivity index (χ1v) is 9.32. The normalized spacial score (nSPS) is 13.8. The van der Waals surface area contributed by atoms with E-state index in [0.29, 0.717) is 22.7 Å². The molecular weight excluding hydrogens is 377 g/mol. The Bertz CT molecular complexity index is 978. The van der Waals surface area contributed by atoms with Gasteiger partial charge in [-0.05, 0) is 29.5 Å². The van der Waals surface area contributed by atoms with Crippen molar-refractivity contribution in [3.05, 3.63) is 82.2 Å². The quantitative estimate of drug-likeness (QED) is 0.607. The van der Waals surface area contributed by atoms with Gasteiger partial charge < -0.3 is 11.5 Å². The largest absolute Gasteiger partial charge is 0.398 e. The minimum atomic E-state index is -0.397. The van der Waals surface area contributed by atoms with E-state index in [1.165, 1.54) is 12.4 Å². The van der Waals surface area contributed by atoms with Crippen molar-refractivity contribution in [1.82, 2.24) is 14.8 Å². The lowest BCUT2D eigenvalue weighted by Gasteiger charge is -2.17. The van der Waals surface area contributed by atoms with E-state index in [4.69, 9.17) is 23.1 Å². The lowest BCUT2D eigenvalue weighted by Crippen LogP contribution is -2.11. The number of benzene rings is 1. The summed E-state index contributed by atoms with van der Waals surface area (Å²) in [4.78, 5) is 3.78. The summed E-state index contributed by atoms with van der Waals surface area (Å²) >= 11 is 6.14. The number of halogens is 2. The molecule has 4 N–H and O–H groups in total. The smallest absolute Gasteiger partial charge is 0.146 e. The molecule has 146 valence electrons. The molecule has 2 unspecified atom stereocenters. The standard InChI is InChI=1S/C21H23ClFN5/c1-13(21-17(22)10-26-11-18(21)23)7-14-3-5-19(24)16(8-14)20(25)6-4-15-9-27-28(2)12-15/h3-6,8-13,20H,7,24-25H2,1-2H3/b6-4+. The summed E-state index contributed by atoms with van der Waals surface area (Å²) < 4.78 is 15.9. The second kappa shape index (κ2) is 8.54. The first kappa shape index (κ1) is 20.0. The molecule has 0 aliphatic carbocycles. The summed E-state index contributed by atoms with van der Waals surface area (Å²) in [5.41, 5.74) is 16.3. The number of aryl methyl sites for hydroxylation is 1. The number of aromatic nitrogens is 3. The molecule has 1 aromatic carbocycles. The number of pyridine rings is 1. The maximum atomic E-state index is 14.1. The molecule has 3 aromatic rings. The lowest BCUT2D eigenvalue weighted by atomic mass is 9.92. The molecule has 0 spiro atoms. The molecule has 3 rings (SSSR count). The minimum Gasteiger partial charge on any atom is -0.398 e. The van der Waals surface area contributed by atoms with Crippen LogP contribution in [0.2, 0.25) is 5.02 Å². The van der Waals surface area contributed by atoms with Crippen molar-refractivity contribution in [3.63, 3.8) is 0 Å². The maximum Gasteiger partial charge on any atom is 0.146 e. The Balaban J connectivity index is 1.80. The average molecular weight is 400 g/mol. The van der Waals surface area contributed by atoms with Crippen LogP contribution in [0.4, 0.5) is 10.1 Å². The molecule has 0 saturated heterocycles. The van der Waals surface area contributed by atoms with Crippen LogP contribution in [0.1, 0.15) is 41.1 Å². The molecule has 0 aliphatic heterocycles. The van der Waals surface area contributed by atoms with Gasteiger partial charge in [0, 0.05) is 36.3 Å². The number of nitrogens with two attached hydrogens (primary N) is 2. The molecule has 0 aliphatic rings. The van der Waals surface area contributed by atoms with Crippen LogP contribution in [0.25, 0.3) is 6.08 Å². The van der Waals surface area contributed by atoms with Crippen molar-refractivity contribution in [1.29, 1.82) is 0 Å². The summed E-state index contributed by atoms with van der Waals surface area (Å²) in [6.45, 7) is 1.93. The summed E-state index contributed by atoms with van der Waals surface area (Å²) in [5, 5.41) is 4.46. The molecule has 2 aromatic heterocycles. The van der Waals surface area contributed by atoms with Crippen LogP contribution in [0.3, 0.4) is 0 Å². The van der Waals surface area contributed by atoms with Crippen LogP contribution >= 0.6 is 11.6 Å². The van der Waals surface area contributed by atoms with E-state index in [1.54, 1.807) is 10.9 Å². The molecule has 0 saturated carbocycles. The van der Waals surface area contributed by atoms with Crippen molar-refractivity contribution in [2.24, 2.45) is 12.8 Å². The molecule has 7 heteroatoms. The van der Waals surface area contributed by atoms with Crippen LogP contribution in [0.5, 0.6) is 0 Å². The molecular formula is C21H23ClFN5. The maximum absolute atomic E-state index is 14.1. The van der Waals surface area contributed by atoms with Gasteiger partial charge in [0.25, 0.3) is 0 Å². The Morgan fingerprint density at radius 2 is 2.07 bits per heavy atom. The van der Waals surface area contributed by atoms with Gasteiger partial charge in [-0.15, -0.1) is 0 Å². The van der Waals surface area contributed by atoms with Gasteiger partial charge in [-0.25, -0.2) is 4.39 Å². The van der Waals surface area contributed by atoms with Gasteiger partial charge in [-0.2, -0.15) is 5.10 Å². The van der Waals surface area contributed by atoms with E-state index in [2.05, 4.69) is 10.1 Å². The number of rotatable bonds is 6. The lowest BCUT2D eigenvalue weighted by molar-refractivity contribution is 0.582. The van der Waals surface area contributed by atoms with Gasteiger partial charge in [0.05, 0.1) is 23.5 Å². The number of nitrogen functional groups attached to an aromatic ring is 1. The molecule has 0 radical (unpaired) electrons. The van der Waals surface area contributed by atoms with Crippen molar-refractivity contribution in [2.45, 2.75) is 25.3 Å². The molecule has 2 atom stereocenters. The highest BCUT2D eigenvalue weighted by Crippen LogP contribution is 2.30. The third-order valence-electron chi connectivity index (χ3n) is 4.66. The first-order chi connectivity index (χ1) is 13.3. The van der Waals surface area contributed by atoms with Gasteiger partial charge in [-0.3, -0.25) is 9.67 Å². The van der Waals surface area contributed by atoms with Crippen LogP contribution in [0, 0.1) is 5.82 Å². The zero-order valence-electron chi connectivity index (χ0n) is 15.8. The number of anilines is 1. The van der Waals surface area contributed by atoms with E-state index in [-0.39, 0.29) is 12.0 Å². The van der Waals surface area contributed by atoms with Crippen LogP contribution < -0.4 is 11.5 Å². The average Bonchev–Trinajstić information content (AvgIpc) is 3.06. The zero-order chi connectivity index (χ0) is 20.3. The molecule has 0 fully saturated rings. The van der Waals surface area contributed by atoms with Gasteiger partial charge in [0.2, 0.25) is 0 Å². The van der Waals surface area contributed by atoms with E-state index >= 15 is 0 Å². The minimum absolute atomic E-state index is 0.117. The fraction of sp³-hybridized carbons (Fsp3) is 0.238. The molecule has 0 bridgehead atoms. The van der Waals surface area contributed by atoms with E-state index < -0.39 is 5.82 Å². The summed E-state index contributed by atoms with van der Waals surface area (Å²) in [6, 6.07) is 5.37. The van der Waals surface area contributed by atoms with Crippen molar-refractivity contribution < 1.29 is 4.39 Å². The van der Waals surface area contributed by atoms with Gasteiger partial charge >= 0.3 is 0 Å². The van der Waals surface area contributed by atoms with Crippen LogP contribution in [-0.2, 0) is 13.5 Å².